The molecular formula is C9H6N2O2S. The molecule has 70 valence electrons. The van der Waals surface area contributed by atoms with E-state index in [0.717, 1.165) is 10.2 Å². The SMILES string of the molecule is Nc1nc2cc3c(cc2s1)OC=CO3. The first-order valence-corrected chi connectivity index (χ1v) is 4.83. The molecule has 0 spiro atoms. The minimum absolute atomic E-state index is 0.551. The van der Waals surface area contributed by atoms with Crippen molar-refractivity contribution in [3.8, 4) is 11.5 Å². The number of benzene rings is 1. The van der Waals surface area contributed by atoms with E-state index in [1.54, 1.807) is 0 Å². The first kappa shape index (κ1) is 7.64. The summed E-state index contributed by atoms with van der Waals surface area (Å²) in [6.45, 7) is 0. The summed E-state index contributed by atoms with van der Waals surface area (Å²) in [7, 11) is 0. The average Bonchev–Trinajstić information content (AvgIpc) is 2.53. The summed E-state index contributed by atoms with van der Waals surface area (Å²) in [4.78, 5) is 4.16. The highest BCUT2D eigenvalue weighted by atomic mass is 32.1. The molecule has 0 unspecified atom stereocenters. The summed E-state index contributed by atoms with van der Waals surface area (Å²) < 4.78 is 11.5. The van der Waals surface area contributed by atoms with Gasteiger partial charge in [0.1, 0.15) is 12.5 Å². The Morgan fingerprint density at radius 3 is 2.64 bits per heavy atom. The molecule has 1 aromatic heterocycles. The van der Waals surface area contributed by atoms with Crippen molar-refractivity contribution >= 4 is 26.7 Å². The average molecular weight is 206 g/mol. The summed E-state index contributed by atoms with van der Waals surface area (Å²) in [6.07, 6.45) is 2.99. The predicted octanol–water partition coefficient (Wildman–Crippen LogP) is 2.12. The van der Waals surface area contributed by atoms with E-state index in [0.29, 0.717) is 16.6 Å². The monoisotopic (exact) mass is 206 g/mol. The van der Waals surface area contributed by atoms with Gasteiger partial charge in [0, 0.05) is 12.1 Å². The van der Waals surface area contributed by atoms with Crippen LogP contribution in [0, 0.1) is 0 Å². The van der Waals surface area contributed by atoms with Crippen molar-refractivity contribution < 1.29 is 9.47 Å². The molecule has 2 heterocycles. The summed E-state index contributed by atoms with van der Waals surface area (Å²) in [5.41, 5.74) is 6.44. The van der Waals surface area contributed by atoms with Gasteiger partial charge in [-0.15, -0.1) is 0 Å². The molecular weight excluding hydrogens is 200 g/mol. The molecule has 0 radical (unpaired) electrons. The minimum atomic E-state index is 0.551. The van der Waals surface area contributed by atoms with Crippen molar-refractivity contribution in [2.75, 3.05) is 5.73 Å². The number of nitrogens with zero attached hydrogens (tertiary/aromatic N) is 1. The maximum atomic E-state index is 5.60. The fourth-order valence-electron chi connectivity index (χ4n) is 1.34. The molecule has 0 bridgehead atoms. The quantitative estimate of drug-likeness (QED) is 0.717. The molecule has 2 aromatic rings. The van der Waals surface area contributed by atoms with Crippen LogP contribution in [-0.2, 0) is 0 Å². The van der Waals surface area contributed by atoms with Crippen LogP contribution in [0.2, 0.25) is 0 Å². The molecule has 14 heavy (non-hydrogen) atoms. The lowest BCUT2D eigenvalue weighted by atomic mass is 10.3. The molecule has 0 amide bonds. The van der Waals surface area contributed by atoms with Gasteiger partial charge in [-0.2, -0.15) is 0 Å². The zero-order chi connectivity index (χ0) is 9.54. The van der Waals surface area contributed by atoms with Gasteiger partial charge in [-0.1, -0.05) is 11.3 Å². The number of nitrogen functional groups attached to an aromatic ring is 1. The van der Waals surface area contributed by atoms with Crippen LogP contribution in [-0.4, -0.2) is 4.98 Å². The molecule has 4 nitrogen and oxygen atoms in total. The van der Waals surface area contributed by atoms with Crippen LogP contribution in [0.3, 0.4) is 0 Å². The number of hydrogen-bond donors (Lipinski definition) is 1. The zero-order valence-electron chi connectivity index (χ0n) is 7.06. The van der Waals surface area contributed by atoms with Gasteiger partial charge >= 0.3 is 0 Å². The number of fused-ring (bicyclic) bond motifs is 2. The summed E-state index contributed by atoms with van der Waals surface area (Å²) in [5.74, 6) is 1.37. The Kier molecular flexibility index (Phi) is 1.43. The third-order valence-corrected chi connectivity index (χ3v) is 2.76. The molecule has 0 aliphatic carbocycles. The number of thiazole rings is 1. The Bertz CT molecular complexity index is 488. The van der Waals surface area contributed by atoms with Crippen molar-refractivity contribution in [1.29, 1.82) is 0 Å². The Hall–Kier alpha value is -1.75. The van der Waals surface area contributed by atoms with E-state index in [1.165, 1.54) is 23.9 Å². The van der Waals surface area contributed by atoms with E-state index >= 15 is 0 Å². The van der Waals surface area contributed by atoms with Gasteiger partial charge in [-0.25, -0.2) is 4.98 Å². The van der Waals surface area contributed by atoms with Crippen LogP contribution < -0.4 is 15.2 Å². The van der Waals surface area contributed by atoms with Gasteiger partial charge in [0.25, 0.3) is 0 Å². The topological polar surface area (TPSA) is 57.4 Å². The molecule has 0 saturated heterocycles. The molecule has 1 aliphatic heterocycles. The number of nitrogens with two attached hydrogens (primary N) is 1. The number of aromatic nitrogens is 1. The molecule has 0 atom stereocenters. The van der Waals surface area contributed by atoms with E-state index < -0.39 is 0 Å². The zero-order valence-corrected chi connectivity index (χ0v) is 7.88. The van der Waals surface area contributed by atoms with E-state index in [2.05, 4.69) is 4.98 Å². The van der Waals surface area contributed by atoms with Gasteiger partial charge in [0.05, 0.1) is 10.2 Å². The lowest BCUT2D eigenvalue weighted by molar-refractivity contribution is 0.362. The fourth-order valence-corrected chi connectivity index (χ4v) is 2.08. The second kappa shape index (κ2) is 2.62. The van der Waals surface area contributed by atoms with E-state index in [-0.39, 0.29) is 0 Å². The van der Waals surface area contributed by atoms with Crippen molar-refractivity contribution in [3.05, 3.63) is 24.7 Å². The second-order valence-electron chi connectivity index (χ2n) is 2.83. The number of ether oxygens (including phenoxy) is 2. The third kappa shape index (κ3) is 1.03. The van der Waals surface area contributed by atoms with E-state index in [1.807, 2.05) is 12.1 Å². The summed E-state index contributed by atoms with van der Waals surface area (Å²) >= 11 is 1.43. The van der Waals surface area contributed by atoms with E-state index in [4.69, 9.17) is 15.2 Å². The van der Waals surface area contributed by atoms with E-state index in [9.17, 15) is 0 Å². The predicted molar refractivity (Wildman–Crippen MR) is 54.4 cm³/mol. The molecule has 2 N–H and O–H groups in total. The maximum absolute atomic E-state index is 5.60. The third-order valence-electron chi connectivity index (χ3n) is 1.92. The molecule has 3 rings (SSSR count). The van der Waals surface area contributed by atoms with Crippen molar-refractivity contribution in [1.82, 2.24) is 4.98 Å². The molecule has 0 fully saturated rings. The maximum Gasteiger partial charge on any atom is 0.181 e. The van der Waals surface area contributed by atoms with Crippen LogP contribution in [0.1, 0.15) is 0 Å². The van der Waals surface area contributed by atoms with Crippen molar-refractivity contribution in [3.63, 3.8) is 0 Å². The lowest BCUT2D eigenvalue weighted by Crippen LogP contribution is -1.95. The molecule has 5 heteroatoms. The summed E-state index contributed by atoms with van der Waals surface area (Å²) in [5, 5.41) is 0.551. The van der Waals surface area contributed by atoms with Gasteiger partial charge in [0.2, 0.25) is 0 Å². The standard InChI is InChI=1S/C9H6N2O2S/c10-9-11-5-3-6-7(4-8(5)14-9)13-2-1-12-6/h1-4H,(H2,10,11). The Morgan fingerprint density at radius 1 is 1.14 bits per heavy atom. The Labute approximate surface area is 83.6 Å². The Balaban J connectivity index is 2.29. The normalized spacial score (nSPS) is 13.4. The van der Waals surface area contributed by atoms with Crippen molar-refractivity contribution in [2.45, 2.75) is 0 Å². The highest BCUT2D eigenvalue weighted by molar-refractivity contribution is 7.22. The van der Waals surface area contributed by atoms with Gasteiger partial charge < -0.3 is 15.2 Å². The van der Waals surface area contributed by atoms with Crippen LogP contribution >= 0.6 is 11.3 Å². The number of hydrogen-bond acceptors (Lipinski definition) is 5. The van der Waals surface area contributed by atoms with Gasteiger partial charge in [-0.05, 0) is 0 Å². The molecule has 0 saturated carbocycles. The van der Waals surface area contributed by atoms with Crippen LogP contribution in [0.5, 0.6) is 11.5 Å². The smallest absolute Gasteiger partial charge is 0.181 e. The fraction of sp³-hybridized carbons (Fsp3) is 0. The number of anilines is 1. The first-order valence-electron chi connectivity index (χ1n) is 4.01. The highest BCUT2D eigenvalue weighted by Crippen LogP contribution is 2.37. The van der Waals surface area contributed by atoms with Crippen LogP contribution in [0.15, 0.2) is 24.7 Å². The first-order chi connectivity index (χ1) is 6.83. The minimum Gasteiger partial charge on any atom is -0.458 e. The largest absolute Gasteiger partial charge is 0.458 e. The van der Waals surface area contributed by atoms with Crippen molar-refractivity contribution in [2.24, 2.45) is 0 Å². The molecule has 1 aromatic carbocycles. The lowest BCUT2D eigenvalue weighted by Gasteiger charge is -2.11. The summed E-state index contributed by atoms with van der Waals surface area (Å²) in [6, 6.07) is 3.70. The van der Waals surface area contributed by atoms with Gasteiger partial charge in [0.15, 0.2) is 16.6 Å². The second-order valence-corrected chi connectivity index (χ2v) is 3.89. The molecule has 1 aliphatic rings. The Morgan fingerprint density at radius 2 is 1.86 bits per heavy atom. The van der Waals surface area contributed by atoms with Gasteiger partial charge in [-0.3, -0.25) is 0 Å². The van der Waals surface area contributed by atoms with Crippen LogP contribution in [0.25, 0.3) is 10.2 Å². The number of rotatable bonds is 0. The highest BCUT2D eigenvalue weighted by Gasteiger charge is 2.12. The van der Waals surface area contributed by atoms with Crippen LogP contribution in [0.4, 0.5) is 5.13 Å².